The van der Waals surface area contributed by atoms with Crippen LogP contribution in [0.1, 0.15) is 67.3 Å². The van der Waals surface area contributed by atoms with Crippen LogP contribution in [0.3, 0.4) is 0 Å². The molecule has 2 aliphatic carbocycles. The molecule has 0 aliphatic heterocycles. The van der Waals surface area contributed by atoms with E-state index in [2.05, 4.69) is 52.0 Å². The van der Waals surface area contributed by atoms with Crippen molar-refractivity contribution in [1.82, 2.24) is 0 Å². The van der Waals surface area contributed by atoms with Crippen molar-refractivity contribution in [3.8, 4) is 5.75 Å². The first-order valence-corrected chi connectivity index (χ1v) is 9.36. The summed E-state index contributed by atoms with van der Waals surface area (Å²) in [5, 5.41) is 10.00. The first-order chi connectivity index (χ1) is 11.4. The quantitative estimate of drug-likeness (QED) is 0.725. The van der Waals surface area contributed by atoms with E-state index in [1.54, 1.807) is 11.1 Å². The van der Waals surface area contributed by atoms with Crippen LogP contribution in [-0.2, 0) is 19.3 Å². The van der Waals surface area contributed by atoms with Crippen LogP contribution in [-0.4, -0.2) is 5.11 Å². The van der Waals surface area contributed by atoms with Gasteiger partial charge < -0.3 is 5.11 Å². The van der Waals surface area contributed by atoms with Crippen LogP contribution in [0.25, 0.3) is 0 Å². The number of fused-ring (bicyclic) bond motifs is 4. The highest BCUT2D eigenvalue weighted by atomic mass is 16.3. The van der Waals surface area contributed by atoms with Crippen molar-refractivity contribution in [2.75, 3.05) is 0 Å². The number of rotatable bonds is 1. The van der Waals surface area contributed by atoms with Gasteiger partial charge in [-0.1, -0.05) is 52.0 Å². The molecule has 24 heavy (non-hydrogen) atoms. The number of phenolic OH excluding ortho intramolecular Hbond substituents is 1. The van der Waals surface area contributed by atoms with Gasteiger partial charge in [-0.15, -0.1) is 0 Å². The van der Waals surface area contributed by atoms with Gasteiger partial charge in [0.1, 0.15) is 5.75 Å². The Bertz CT molecular complexity index is 791. The lowest BCUT2D eigenvalue weighted by Gasteiger charge is -2.35. The highest BCUT2D eigenvalue weighted by Crippen LogP contribution is 2.58. The van der Waals surface area contributed by atoms with Gasteiger partial charge in [0.05, 0.1) is 0 Å². The van der Waals surface area contributed by atoms with E-state index >= 15 is 0 Å². The molecular weight excluding hydrogens is 292 g/mol. The number of aromatic hydroxyl groups is 1. The standard InChI is InChI=1S/C23H28O/c1-5-16-6-8-21-17(10-16)12-23(4)13-18-11-19(24)7-9-20(18)14(2)15(3)22(21)23/h6-11,14-15,22,24H,5,12-13H2,1-4H3. The minimum Gasteiger partial charge on any atom is -0.508 e. The predicted octanol–water partition coefficient (Wildman–Crippen LogP) is 5.60. The Labute approximate surface area is 145 Å². The Kier molecular flexibility index (Phi) is 3.53. The summed E-state index contributed by atoms with van der Waals surface area (Å²) >= 11 is 0. The van der Waals surface area contributed by atoms with Crippen molar-refractivity contribution in [3.63, 3.8) is 0 Å². The van der Waals surface area contributed by atoms with Crippen LogP contribution in [0, 0.1) is 11.3 Å². The molecule has 0 aromatic heterocycles. The summed E-state index contributed by atoms with van der Waals surface area (Å²) < 4.78 is 0. The normalized spacial score (nSPS) is 31.1. The Morgan fingerprint density at radius 2 is 1.67 bits per heavy atom. The number of aryl methyl sites for hydroxylation is 1. The first kappa shape index (κ1) is 15.7. The van der Waals surface area contributed by atoms with Crippen molar-refractivity contribution < 1.29 is 5.11 Å². The van der Waals surface area contributed by atoms with E-state index in [9.17, 15) is 5.11 Å². The number of benzene rings is 2. The van der Waals surface area contributed by atoms with E-state index in [0.717, 1.165) is 19.3 Å². The van der Waals surface area contributed by atoms with Gasteiger partial charge in [0.15, 0.2) is 0 Å². The van der Waals surface area contributed by atoms with Crippen LogP contribution in [0.4, 0.5) is 0 Å². The highest BCUT2D eigenvalue weighted by molar-refractivity contribution is 5.47. The van der Waals surface area contributed by atoms with Crippen molar-refractivity contribution >= 4 is 0 Å². The molecular formula is C23H28O. The molecule has 0 heterocycles. The average Bonchev–Trinajstić information content (AvgIpc) is 2.80. The third-order valence-electron chi connectivity index (χ3n) is 6.82. The Morgan fingerprint density at radius 1 is 1.00 bits per heavy atom. The summed E-state index contributed by atoms with van der Waals surface area (Å²) in [5.41, 5.74) is 7.62. The molecule has 0 amide bonds. The summed E-state index contributed by atoms with van der Waals surface area (Å²) in [6.07, 6.45) is 3.33. The van der Waals surface area contributed by atoms with Gasteiger partial charge in [0, 0.05) is 0 Å². The monoisotopic (exact) mass is 320 g/mol. The largest absolute Gasteiger partial charge is 0.508 e. The van der Waals surface area contributed by atoms with Crippen LogP contribution in [0.15, 0.2) is 36.4 Å². The lowest BCUT2D eigenvalue weighted by molar-refractivity contribution is 0.213. The molecule has 0 fully saturated rings. The van der Waals surface area contributed by atoms with Gasteiger partial charge in [0.25, 0.3) is 0 Å². The Morgan fingerprint density at radius 3 is 2.38 bits per heavy atom. The third-order valence-corrected chi connectivity index (χ3v) is 6.82. The van der Waals surface area contributed by atoms with E-state index in [1.165, 1.54) is 16.7 Å². The minimum atomic E-state index is 0.251. The maximum Gasteiger partial charge on any atom is 0.115 e. The van der Waals surface area contributed by atoms with Gasteiger partial charge in [-0.3, -0.25) is 0 Å². The van der Waals surface area contributed by atoms with E-state index in [-0.39, 0.29) is 5.41 Å². The second-order valence-electron chi connectivity index (χ2n) is 8.40. The summed E-state index contributed by atoms with van der Waals surface area (Å²) in [4.78, 5) is 0. The molecule has 0 radical (unpaired) electrons. The Balaban J connectivity index is 1.85. The third kappa shape index (κ3) is 2.21. The van der Waals surface area contributed by atoms with Gasteiger partial charge in [-0.25, -0.2) is 0 Å². The maximum atomic E-state index is 10.00. The lowest BCUT2D eigenvalue weighted by atomic mass is 9.68. The van der Waals surface area contributed by atoms with Crippen molar-refractivity contribution in [1.29, 1.82) is 0 Å². The topological polar surface area (TPSA) is 20.2 Å². The zero-order chi connectivity index (χ0) is 17.1. The molecule has 2 aromatic carbocycles. The molecule has 2 aromatic rings. The molecule has 0 spiro atoms. The van der Waals surface area contributed by atoms with Gasteiger partial charge in [-0.2, -0.15) is 0 Å². The van der Waals surface area contributed by atoms with Gasteiger partial charge in [-0.05, 0) is 82.4 Å². The molecule has 4 rings (SSSR count). The van der Waals surface area contributed by atoms with Crippen molar-refractivity contribution in [3.05, 3.63) is 64.2 Å². The van der Waals surface area contributed by atoms with E-state index < -0.39 is 0 Å². The van der Waals surface area contributed by atoms with Gasteiger partial charge in [0.2, 0.25) is 0 Å². The fourth-order valence-corrected chi connectivity index (χ4v) is 5.54. The van der Waals surface area contributed by atoms with E-state index in [4.69, 9.17) is 0 Å². The minimum absolute atomic E-state index is 0.251. The van der Waals surface area contributed by atoms with Crippen molar-refractivity contribution in [2.24, 2.45) is 11.3 Å². The number of phenols is 1. The average molecular weight is 320 g/mol. The summed E-state index contributed by atoms with van der Waals surface area (Å²) in [5.74, 6) is 2.13. The van der Waals surface area contributed by atoms with Gasteiger partial charge >= 0.3 is 0 Å². The fraction of sp³-hybridized carbons (Fsp3) is 0.478. The summed E-state index contributed by atoms with van der Waals surface area (Å²) in [6.45, 7) is 9.49. The summed E-state index contributed by atoms with van der Waals surface area (Å²) in [6, 6.07) is 13.2. The zero-order valence-corrected chi connectivity index (χ0v) is 15.3. The lowest BCUT2D eigenvalue weighted by Crippen LogP contribution is -2.28. The SMILES string of the molecule is CCc1ccc2c(c1)CC1(C)Cc3cc(O)ccc3C(C)C(C)C21. The molecule has 2 aliphatic rings. The second kappa shape index (κ2) is 5.37. The maximum absolute atomic E-state index is 10.00. The summed E-state index contributed by atoms with van der Waals surface area (Å²) in [7, 11) is 0. The fourth-order valence-electron chi connectivity index (χ4n) is 5.54. The zero-order valence-electron chi connectivity index (χ0n) is 15.3. The molecule has 0 bridgehead atoms. The van der Waals surface area contributed by atoms with Crippen molar-refractivity contribution in [2.45, 2.75) is 58.8 Å². The molecule has 1 heteroatoms. The highest BCUT2D eigenvalue weighted by Gasteiger charge is 2.48. The first-order valence-electron chi connectivity index (χ1n) is 9.36. The Hall–Kier alpha value is -1.76. The second-order valence-corrected chi connectivity index (χ2v) is 8.40. The van der Waals surface area contributed by atoms with E-state index in [0.29, 0.717) is 23.5 Å². The molecule has 1 nitrogen and oxygen atoms in total. The molecule has 126 valence electrons. The number of hydrogen-bond donors (Lipinski definition) is 1. The van der Waals surface area contributed by atoms with E-state index in [1.807, 2.05) is 12.1 Å². The van der Waals surface area contributed by atoms with Crippen LogP contribution >= 0.6 is 0 Å². The molecule has 1 N–H and O–H groups in total. The van der Waals surface area contributed by atoms with Crippen LogP contribution in [0.2, 0.25) is 0 Å². The molecule has 0 saturated carbocycles. The molecule has 4 atom stereocenters. The smallest absolute Gasteiger partial charge is 0.115 e. The predicted molar refractivity (Wildman–Crippen MR) is 99.8 cm³/mol. The van der Waals surface area contributed by atoms with Crippen LogP contribution < -0.4 is 0 Å². The number of hydrogen-bond acceptors (Lipinski definition) is 1. The molecule has 0 saturated heterocycles. The van der Waals surface area contributed by atoms with Crippen LogP contribution in [0.5, 0.6) is 5.75 Å². The molecule has 4 unspecified atom stereocenters.